The number of benzene rings is 1. The number of hydrogen-bond acceptors (Lipinski definition) is 2. The summed E-state index contributed by atoms with van der Waals surface area (Å²) in [5.74, 6) is 0.700. The van der Waals surface area contributed by atoms with Gasteiger partial charge in [-0.2, -0.15) is 0 Å². The van der Waals surface area contributed by atoms with Crippen LogP contribution in [-0.2, 0) is 4.79 Å². The molecule has 0 aliphatic carbocycles. The maximum absolute atomic E-state index is 11.6. The molecular formula is C20H33NO2. The quantitative estimate of drug-likeness (QED) is 0.484. The first-order chi connectivity index (χ1) is 11.3. The van der Waals surface area contributed by atoms with Gasteiger partial charge >= 0.3 is 0 Å². The number of unbranched alkanes of at least 4 members (excludes halogenated alkanes) is 9. The lowest BCUT2D eigenvalue weighted by Gasteiger charge is -2.07. The van der Waals surface area contributed by atoms with Crippen molar-refractivity contribution in [2.45, 2.75) is 71.1 Å². The Kier molecular flexibility index (Phi) is 12.0. The molecule has 1 aromatic carbocycles. The van der Waals surface area contributed by atoms with Crippen molar-refractivity contribution in [3.8, 4) is 5.75 Å². The summed E-state index contributed by atoms with van der Waals surface area (Å²) in [6.07, 6.45) is 13.1. The highest BCUT2D eigenvalue weighted by molar-refractivity contribution is 5.77. The third kappa shape index (κ3) is 11.7. The molecule has 0 heterocycles. The number of nitrogens with one attached hydrogen (secondary N) is 1. The molecule has 0 atom stereocenters. The van der Waals surface area contributed by atoms with Crippen LogP contribution in [0.4, 0.5) is 0 Å². The molecule has 0 bridgehead atoms. The summed E-state index contributed by atoms with van der Waals surface area (Å²) in [4.78, 5) is 11.6. The average molecular weight is 319 g/mol. The van der Waals surface area contributed by atoms with E-state index < -0.39 is 0 Å². The Bertz CT molecular complexity index is 392. The summed E-state index contributed by atoms with van der Waals surface area (Å²) in [7, 11) is 0. The monoisotopic (exact) mass is 319 g/mol. The van der Waals surface area contributed by atoms with Crippen LogP contribution in [0.3, 0.4) is 0 Å². The predicted octanol–water partition coefficient (Wildman–Crippen LogP) is 5.10. The summed E-state index contributed by atoms with van der Waals surface area (Å²) >= 11 is 0. The molecule has 1 aromatic rings. The molecule has 3 heteroatoms. The minimum absolute atomic E-state index is 0.0372. The minimum Gasteiger partial charge on any atom is -0.484 e. The zero-order valence-corrected chi connectivity index (χ0v) is 14.7. The molecule has 0 aliphatic heterocycles. The van der Waals surface area contributed by atoms with Gasteiger partial charge in [0.15, 0.2) is 6.61 Å². The SMILES string of the molecule is CCCCCCCCCCCCNC(=O)COc1ccccc1. The molecule has 0 unspecified atom stereocenters. The van der Waals surface area contributed by atoms with Crippen LogP contribution >= 0.6 is 0 Å². The Morgan fingerprint density at radius 3 is 2.04 bits per heavy atom. The number of para-hydroxylation sites is 1. The first-order valence-electron chi connectivity index (χ1n) is 9.27. The second-order valence-electron chi connectivity index (χ2n) is 6.13. The van der Waals surface area contributed by atoms with Crippen molar-refractivity contribution in [3.63, 3.8) is 0 Å². The van der Waals surface area contributed by atoms with Crippen molar-refractivity contribution in [3.05, 3.63) is 30.3 Å². The fraction of sp³-hybridized carbons (Fsp3) is 0.650. The largest absolute Gasteiger partial charge is 0.484 e. The van der Waals surface area contributed by atoms with Gasteiger partial charge in [-0.1, -0.05) is 82.9 Å². The van der Waals surface area contributed by atoms with Gasteiger partial charge < -0.3 is 10.1 Å². The minimum atomic E-state index is -0.0372. The van der Waals surface area contributed by atoms with Gasteiger partial charge in [-0.15, -0.1) is 0 Å². The van der Waals surface area contributed by atoms with Crippen molar-refractivity contribution < 1.29 is 9.53 Å². The van der Waals surface area contributed by atoms with E-state index in [1.807, 2.05) is 30.3 Å². The predicted molar refractivity (Wildman–Crippen MR) is 96.8 cm³/mol. The number of ether oxygens (including phenoxy) is 1. The number of hydrogen-bond donors (Lipinski definition) is 1. The van der Waals surface area contributed by atoms with E-state index in [2.05, 4.69) is 12.2 Å². The van der Waals surface area contributed by atoms with E-state index in [1.54, 1.807) is 0 Å². The van der Waals surface area contributed by atoms with Crippen LogP contribution in [0.25, 0.3) is 0 Å². The highest BCUT2D eigenvalue weighted by Gasteiger charge is 2.01. The average Bonchev–Trinajstić information content (AvgIpc) is 2.59. The third-order valence-electron chi connectivity index (χ3n) is 3.97. The summed E-state index contributed by atoms with van der Waals surface area (Å²) in [6.45, 7) is 3.11. The van der Waals surface area contributed by atoms with Crippen molar-refractivity contribution >= 4 is 5.91 Å². The molecule has 0 saturated carbocycles. The Balaban J connectivity index is 1.84. The Morgan fingerprint density at radius 2 is 1.43 bits per heavy atom. The molecule has 1 amide bonds. The lowest BCUT2D eigenvalue weighted by atomic mass is 10.1. The van der Waals surface area contributed by atoms with Crippen LogP contribution in [0.15, 0.2) is 30.3 Å². The van der Waals surface area contributed by atoms with E-state index in [0.29, 0.717) is 0 Å². The fourth-order valence-electron chi connectivity index (χ4n) is 2.56. The summed E-state index contributed by atoms with van der Waals surface area (Å²) in [6, 6.07) is 9.44. The number of carbonyl (C=O) groups excluding carboxylic acids is 1. The maximum Gasteiger partial charge on any atom is 0.257 e. The van der Waals surface area contributed by atoms with Crippen LogP contribution in [0, 0.1) is 0 Å². The van der Waals surface area contributed by atoms with Crippen molar-refractivity contribution in [1.82, 2.24) is 5.32 Å². The highest BCUT2D eigenvalue weighted by atomic mass is 16.5. The summed E-state index contributed by atoms with van der Waals surface area (Å²) in [5.41, 5.74) is 0. The molecule has 1 rings (SSSR count). The van der Waals surface area contributed by atoms with Gasteiger partial charge in [0.25, 0.3) is 5.91 Å². The van der Waals surface area contributed by atoms with Gasteiger partial charge in [-0.25, -0.2) is 0 Å². The van der Waals surface area contributed by atoms with Crippen molar-refractivity contribution in [1.29, 1.82) is 0 Å². The summed E-state index contributed by atoms with van der Waals surface area (Å²) in [5, 5.41) is 2.91. The lowest BCUT2D eigenvalue weighted by molar-refractivity contribution is -0.123. The van der Waals surface area contributed by atoms with Gasteiger partial charge in [0.2, 0.25) is 0 Å². The van der Waals surface area contributed by atoms with E-state index in [0.717, 1.165) is 18.7 Å². The zero-order chi connectivity index (χ0) is 16.6. The maximum atomic E-state index is 11.6. The molecule has 0 radical (unpaired) electrons. The van der Waals surface area contributed by atoms with Gasteiger partial charge in [0.05, 0.1) is 0 Å². The smallest absolute Gasteiger partial charge is 0.257 e. The van der Waals surface area contributed by atoms with Gasteiger partial charge in [-0.05, 0) is 18.6 Å². The van der Waals surface area contributed by atoms with Gasteiger partial charge in [0, 0.05) is 6.54 Å². The Morgan fingerprint density at radius 1 is 0.870 bits per heavy atom. The van der Waals surface area contributed by atoms with Crippen LogP contribution in [0.5, 0.6) is 5.75 Å². The second-order valence-corrected chi connectivity index (χ2v) is 6.13. The molecule has 3 nitrogen and oxygen atoms in total. The molecule has 23 heavy (non-hydrogen) atoms. The fourth-order valence-corrected chi connectivity index (χ4v) is 2.56. The molecule has 1 N–H and O–H groups in total. The van der Waals surface area contributed by atoms with Crippen LogP contribution in [0.2, 0.25) is 0 Å². The van der Waals surface area contributed by atoms with Crippen LogP contribution in [-0.4, -0.2) is 19.1 Å². The molecular weight excluding hydrogens is 286 g/mol. The normalized spacial score (nSPS) is 10.5. The van der Waals surface area contributed by atoms with E-state index in [1.165, 1.54) is 57.8 Å². The molecule has 0 saturated heterocycles. The molecule has 0 spiro atoms. The zero-order valence-electron chi connectivity index (χ0n) is 14.7. The highest BCUT2D eigenvalue weighted by Crippen LogP contribution is 2.10. The molecule has 0 fully saturated rings. The van der Waals surface area contributed by atoms with Gasteiger partial charge in [0.1, 0.15) is 5.75 Å². The standard InChI is InChI=1S/C20H33NO2/c1-2-3-4-5-6-7-8-9-10-14-17-21-20(22)18-23-19-15-12-11-13-16-19/h11-13,15-16H,2-10,14,17-18H2,1H3,(H,21,22). The van der Waals surface area contributed by atoms with E-state index >= 15 is 0 Å². The number of rotatable bonds is 14. The molecule has 0 aromatic heterocycles. The Labute approximate surface area is 141 Å². The number of carbonyl (C=O) groups is 1. The van der Waals surface area contributed by atoms with E-state index in [-0.39, 0.29) is 12.5 Å². The van der Waals surface area contributed by atoms with E-state index in [4.69, 9.17) is 4.74 Å². The Hall–Kier alpha value is -1.51. The van der Waals surface area contributed by atoms with E-state index in [9.17, 15) is 4.79 Å². The summed E-state index contributed by atoms with van der Waals surface area (Å²) < 4.78 is 5.41. The second kappa shape index (κ2) is 14.1. The molecule has 130 valence electrons. The first-order valence-corrected chi connectivity index (χ1v) is 9.27. The van der Waals surface area contributed by atoms with Crippen molar-refractivity contribution in [2.24, 2.45) is 0 Å². The van der Waals surface area contributed by atoms with Crippen LogP contribution < -0.4 is 10.1 Å². The van der Waals surface area contributed by atoms with Gasteiger partial charge in [-0.3, -0.25) is 4.79 Å². The molecule has 0 aliphatic rings. The lowest BCUT2D eigenvalue weighted by Crippen LogP contribution is -2.29. The third-order valence-corrected chi connectivity index (χ3v) is 3.97. The first kappa shape index (κ1) is 19.5. The topological polar surface area (TPSA) is 38.3 Å². The number of amides is 1. The van der Waals surface area contributed by atoms with Crippen molar-refractivity contribution in [2.75, 3.05) is 13.2 Å². The van der Waals surface area contributed by atoms with Crippen LogP contribution in [0.1, 0.15) is 71.1 Å².